The van der Waals surface area contributed by atoms with E-state index in [-0.39, 0.29) is 11.5 Å². The molecule has 1 unspecified atom stereocenters. The topological polar surface area (TPSA) is 68.2 Å². The molecular formula is C17H23N5O. The second kappa shape index (κ2) is 5.37. The first-order chi connectivity index (χ1) is 10.8. The van der Waals surface area contributed by atoms with E-state index < -0.39 is 0 Å². The van der Waals surface area contributed by atoms with Gasteiger partial charge in [-0.3, -0.25) is 0 Å². The summed E-state index contributed by atoms with van der Waals surface area (Å²) < 4.78 is 7.42. The second-order valence-electron chi connectivity index (χ2n) is 7.00. The number of aromatic nitrogens is 4. The Labute approximate surface area is 135 Å². The zero-order chi connectivity index (χ0) is 16.8. The van der Waals surface area contributed by atoms with Gasteiger partial charge in [0.1, 0.15) is 17.3 Å². The first-order valence-electron chi connectivity index (χ1n) is 7.82. The van der Waals surface area contributed by atoms with Gasteiger partial charge >= 0.3 is 0 Å². The van der Waals surface area contributed by atoms with Crippen LogP contribution >= 0.6 is 0 Å². The Morgan fingerprint density at radius 2 is 1.91 bits per heavy atom. The minimum Gasteiger partial charge on any atom is -0.466 e. The molecule has 3 aromatic heterocycles. The van der Waals surface area contributed by atoms with Crippen molar-refractivity contribution in [1.29, 1.82) is 0 Å². The number of aryl methyl sites for hydroxylation is 2. The lowest BCUT2D eigenvalue weighted by molar-refractivity contribution is 0.499. The predicted octanol–water partition coefficient (Wildman–Crippen LogP) is 3.80. The molecule has 23 heavy (non-hydrogen) atoms. The molecule has 0 aliphatic carbocycles. The predicted molar refractivity (Wildman–Crippen MR) is 89.7 cm³/mol. The van der Waals surface area contributed by atoms with Crippen LogP contribution < -0.4 is 5.32 Å². The molecule has 0 aromatic carbocycles. The third kappa shape index (κ3) is 2.93. The summed E-state index contributed by atoms with van der Waals surface area (Å²) in [4.78, 5) is 0. The van der Waals surface area contributed by atoms with E-state index >= 15 is 0 Å². The van der Waals surface area contributed by atoms with Crippen LogP contribution in [0.15, 0.2) is 22.6 Å². The van der Waals surface area contributed by atoms with Crippen molar-refractivity contribution in [1.82, 2.24) is 19.8 Å². The van der Waals surface area contributed by atoms with Gasteiger partial charge in [0.05, 0.1) is 6.04 Å². The molecule has 1 atom stereocenters. The minimum atomic E-state index is -0.116. The first kappa shape index (κ1) is 15.5. The lowest BCUT2D eigenvalue weighted by Gasteiger charge is -2.17. The van der Waals surface area contributed by atoms with Crippen molar-refractivity contribution < 1.29 is 4.42 Å². The van der Waals surface area contributed by atoms with Crippen molar-refractivity contribution in [2.45, 2.75) is 53.0 Å². The molecule has 0 aliphatic heterocycles. The SMILES string of the molecule is Cc1cc(C(C)Nc2ccc3nnc(C(C)(C)C)n3n2)c(C)o1. The van der Waals surface area contributed by atoms with Crippen LogP contribution in [0.1, 0.15) is 56.6 Å². The highest BCUT2D eigenvalue weighted by Gasteiger charge is 2.22. The number of rotatable bonds is 3. The Kier molecular flexibility index (Phi) is 3.62. The maximum Gasteiger partial charge on any atom is 0.178 e. The number of fused-ring (bicyclic) bond motifs is 1. The number of nitrogens with zero attached hydrogens (tertiary/aromatic N) is 4. The summed E-state index contributed by atoms with van der Waals surface area (Å²) >= 11 is 0. The zero-order valence-corrected chi connectivity index (χ0v) is 14.5. The molecule has 122 valence electrons. The summed E-state index contributed by atoms with van der Waals surface area (Å²) in [6.07, 6.45) is 0. The van der Waals surface area contributed by atoms with Crippen molar-refractivity contribution in [3.63, 3.8) is 0 Å². The number of nitrogens with one attached hydrogen (secondary N) is 1. The van der Waals surface area contributed by atoms with Crippen LogP contribution in [0, 0.1) is 13.8 Å². The number of furan rings is 1. The third-order valence-electron chi connectivity index (χ3n) is 3.84. The van der Waals surface area contributed by atoms with Crippen LogP contribution in [-0.2, 0) is 5.41 Å². The van der Waals surface area contributed by atoms with Gasteiger partial charge in [-0.1, -0.05) is 20.8 Å². The van der Waals surface area contributed by atoms with Gasteiger partial charge in [-0.25, -0.2) is 0 Å². The molecule has 0 spiro atoms. The molecule has 0 amide bonds. The fourth-order valence-electron chi connectivity index (χ4n) is 2.71. The average molecular weight is 313 g/mol. The molecule has 3 rings (SSSR count). The van der Waals surface area contributed by atoms with E-state index in [4.69, 9.17) is 4.42 Å². The molecule has 0 saturated heterocycles. The van der Waals surface area contributed by atoms with E-state index in [0.29, 0.717) is 0 Å². The maximum atomic E-state index is 5.61. The average Bonchev–Trinajstić information content (AvgIpc) is 3.00. The van der Waals surface area contributed by atoms with Crippen molar-refractivity contribution in [2.24, 2.45) is 0 Å². The largest absolute Gasteiger partial charge is 0.466 e. The van der Waals surface area contributed by atoms with Crippen molar-refractivity contribution >= 4 is 11.5 Å². The summed E-state index contributed by atoms with van der Waals surface area (Å²) in [5.41, 5.74) is 1.78. The van der Waals surface area contributed by atoms with Gasteiger partial charge in [-0.15, -0.1) is 15.3 Å². The summed E-state index contributed by atoms with van der Waals surface area (Å²) in [5, 5.41) is 16.5. The quantitative estimate of drug-likeness (QED) is 0.796. The Hall–Kier alpha value is -2.37. The van der Waals surface area contributed by atoms with Gasteiger partial charge in [0, 0.05) is 11.0 Å². The summed E-state index contributed by atoms with van der Waals surface area (Å²) in [7, 11) is 0. The highest BCUT2D eigenvalue weighted by molar-refractivity contribution is 5.46. The van der Waals surface area contributed by atoms with Crippen LogP contribution in [0.5, 0.6) is 0 Å². The van der Waals surface area contributed by atoms with E-state index in [9.17, 15) is 0 Å². The molecule has 0 fully saturated rings. The molecule has 1 N–H and O–H groups in total. The highest BCUT2D eigenvalue weighted by atomic mass is 16.3. The highest BCUT2D eigenvalue weighted by Crippen LogP contribution is 2.25. The fraction of sp³-hybridized carbons (Fsp3) is 0.471. The van der Waals surface area contributed by atoms with Gasteiger partial charge in [0.2, 0.25) is 0 Å². The molecule has 3 heterocycles. The summed E-state index contributed by atoms with van der Waals surface area (Å²) in [6.45, 7) is 12.3. The summed E-state index contributed by atoms with van der Waals surface area (Å²) in [5.74, 6) is 3.49. The lowest BCUT2D eigenvalue weighted by atomic mass is 9.96. The maximum absolute atomic E-state index is 5.61. The van der Waals surface area contributed by atoms with Gasteiger partial charge in [-0.2, -0.15) is 4.52 Å². The Balaban J connectivity index is 1.93. The van der Waals surface area contributed by atoms with Crippen LogP contribution in [0.25, 0.3) is 5.65 Å². The zero-order valence-electron chi connectivity index (χ0n) is 14.5. The van der Waals surface area contributed by atoms with Crippen LogP contribution in [0.2, 0.25) is 0 Å². The van der Waals surface area contributed by atoms with Crippen LogP contribution in [0.3, 0.4) is 0 Å². The third-order valence-corrected chi connectivity index (χ3v) is 3.84. The molecule has 0 bridgehead atoms. The van der Waals surface area contributed by atoms with E-state index in [1.54, 1.807) is 0 Å². The fourth-order valence-corrected chi connectivity index (χ4v) is 2.71. The number of hydrogen-bond acceptors (Lipinski definition) is 5. The summed E-state index contributed by atoms with van der Waals surface area (Å²) in [6, 6.07) is 6.02. The second-order valence-corrected chi connectivity index (χ2v) is 7.00. The van der Waals surface area contributed by atoms with Crippen molar-refractivity contribution in [2.75, 3.05) is 5.32 Å². The van der Waals surface area contributed by atoms with Gasteiger partial charge in [-0.05, 0) is 39.0 Å². The van der Waals surface area contributed by atoms with Gasteiger partial charge in [0.25, 0.3) is 0 Å². The lowest BCUT2D eigenvalue weighted by Crippen LogP contribution is -2.18. The minimum absolute atomic E-state index is 0.104. The Bertz CT molecular complexity index is 840. The van der Waals surface area contributed by atoms with Gasteiger partial charge in [0.15, 0.2) is 11.5 Å². The van der Waals surface area contributed by atoms with Crippen molar-refractivity contribution in [3.8, 4) is 0 Å². The molecule has 3 aromatic rings. The number of anilines is 1. The molecular weight excluding hydrogens is 290 g/mol. The van der Waals surface area contributed by atoms with E-state index in [1.165, 1.54) is 0 Å². The molecule has 0 radical (unpaired) electrons. The van der Waals surface area contributed by atoms with Crippen LogP contribution in [0.4, 0.5) is 5.82 Å². The van der Waals surface area contributed by atoms with E-state index in [2.05, 4.69) is 54.4 Å². The van der Waals surface area contributed by atoms with E-state index in [1.807, 2.05) is 30.5 Å². The monoisotopic (exact) mass is 313 g/mol. The molecule has 0 aliphatic rings. The molecule has 0 saturated carbocycles. The molecule has 6 nitrogen and oxygen atoms in total. The molecule has 6 heteroatoms. The van der Waals surface area contributed by atoms with Crippen LogP contribution in [-0.4, -0.2) is 19.8 Å². The van der Waals surface area contributed by atoms with E-state index in [0.717, 1.165) is 34.4 Å². The Morgan fingerprint density at radius 3 is 2.52 bits per heavy atom. The normalized spacial score (nSPS) is 13.5. The standard InChI is InChI=1S/C17H23N5O/c1-10-9-13(12(3)23-10)11(2)18-14-7-8-15-19-20-16(17(4,5)6)22(15)21-14/h7-9,11H,1-6H3,(H,18,21). The van der Waals surface area contributed by atoms with Gasteiger partial charge < -0.3 is 9.73 Å². The first-order valence-corrected chi connectivity index (χ1v) is 7.82. The van der Waals surface area contributed by atoms with Crippen molar-refractivity contribution in [3.05, 3.63) is 41.1 Å². The number of hydrogen-bond donors (Lipinski definition) is 1. The smallest absolute Gasteiger partial charge is 0.178 e. The Morgan fingerprint density at radius 1 is 1.17 bits per heavy atom.